The second-order valence-corrected chi connectivity index (χ2v) is 2.51. The van der Waals surface area contributed by atoms with Gasteiger partial charge in [-0.05, 0) is 17.7 Å². The number of ether oxygens (including phenoxy) is 1. The Morgan fingerprint density at radius 3 is 2.92 bits per heavy atom. The third kappa shape index (κ3) is 2.22. The highest BCUT2D eigenvalue weighted by molar-refractivity contribution is 5.33. The van der Waals surface area contributed by atoms with Gasteiger partial charge in [0.05, 0.1) is 7.11 Å². The van der Waals surface area contributed by atoms with E-state index in [-0.39, 0.29) is 0 Å². The number of hydroxylamine groups is 1. The van der Waals surface area contributed by atoms with Crippen LogP contribution in [0.4, 0.5) is 0 Å². The van der Waals surface area contributed by atoms with Crippen LogP contribution in [0.15, 0.2) is 24.3 Å². The van der Waals surface area contributed by atoms with Gasteiger partial charge < -0.3 is 9.94 Å². The Balaban J connectivity index is 2.94. The van der Waals surface area contributed by atoms with Crippen molar-refractivity contribution >= 4 is 0 Å². The van der Waals surface area contributed by atoms with Crippen LogP contribution in [-0.2, 0) is 0 Å². The fourth-order valence-electron chi connectivity index (χ4n) is 1.03. The summed E-state index contributed by atoms with van der Waals surface area (Å²) < 4.78 is 5.02. The summed E-state index contributed by atoms with van der Waals surface area (Å²) in [5.41, 5.74) is 2.82. The van der Waals surface area contributed by atoms with Crippen molar-refractivity contribution in [1.29, 1.82) is 0 Å². The third-order valence-corrected chi connectivity index (χ3v) is 1.72. The van der Waals surface area contributed by atoms with Crippen LogP contribution in [0.3, 0.4) is 0 Å². The largest absolute Gasteiger partial charge is 0.497 e. The minimum Gasteiger partial charge on any atom is -0.497 e. The van der Waals surface area contributed by atoms with Crippen molar-refractivity contribution in [2.45, 2.75) is 6.04 Å². The van der Waals surface area contributed by atoms with Crippen LogP contribution >= 0.6 is 0 Å². The van der Waals surface area contributed by atoms with Crippen LogP contribution in [0, 0.1) is 12.3 Å². The van der Waals surface area contributed by atoms with E-state index in [1.54, 1.807) is 13.2 Å². The van der Waals surface area contributed by atoms with Crippen LogP contribution in [0.5, 0.6) is 5.75 Å². The first-order chi connectivity index (χ1) is 6.31. The first-order valence-corrected chi connectivity index (χ1v) is 3.81. The SMILES string of the molecule is C#CC(NO)c1cccc(OC)c1. The molecule has 3 nitrogen and oxygen atoms in total. The highest BCUT2D eigenvalue weighted by Gasteiger charge is 2.06. The van der Waals surface area contributed by atoms with E-state index in [0.29, 0.717) is 5.75 Å². The predicted octanol–water partition coefficient (Wildman–Crippen LogP) is 1.35. The van der Waals surface area contributed by atoms with Gasteiger partial charge in [0, 0.05) is 0 Å². The van der Waals surface area contributed by atoms with E-state index in [1.807, 2.05) is 23.7 Å². The average Bonchev–Trinajstić information content (AvgIpc) is 2.20. The van der Waals surface area contributed by atoms with Crippen molar-refractivity contribution in [1.82, 2.24) is 5.48 Å². The first kappa shape index (κ1) is 9.59. The van der Waals surface area contributed by atoms with Crippen molar-refractivity contribution in [3.63, 3.8) is 0 Å². The normalized spacial score (nSPS) is 11.8. The molecule has 0 bridgehead atoms. The van der Waals surface area contributed by atoms with Crippen molar-refractivity contribution < 1.29 is 9.94 Å². The van der Waals surface area contributed by atoms with Gasteiger partial charge in [0.25, 0.3) is 0 Å². The van der Waals surface area contributed by atoms with Crippen LogP contribution in [-0.4, -0.2) is 12.3 Å². The molecule has 1 unspecified atom stereocenters. The number of hydrogen-bond donors (Lipinski definition) is 2. The topological polar surface area (TPSA) is 41.5 Å². The summed E-state index contributed by atoms with van der Waals surface area (Å²) in [6, 6.07) is 6.73. The fourth-order valence-corrected chi connectivity index (χ4v) is 1.03. The highest BCUT2D eigenvalue weighted by Crippen LogP contribution is 2.17. The van der Waals surface area contributed by atoms with Crippen LogP contribution in [0.1, 0.15) is 11.6 Å². The molecule has 1 aromatic carbocycles. The molecule has 0 fully saturated rings. The molecule has 0 aliphatic rings. The molecular formula is C10H11NO2. The standard InChI is InChI=1S/C10H11NO2/c1-3-10(11-12)8-5-4-6-9(7-8)13-2/h1,4-7,10-12H,2H3. The molecule has 0 heterocycles. The third-order valence-electron chi connectivity index (χ3n) is 1.72. The summed E-state index contributed by atoms with van der Waals surface area (Å²) in [5, 5.41) is 8.71. The van der Waals surface area contributed by atoms with E-state index in [2.05, 4.69) is 5.92 Å². The van der Waals surface area contributed by atoms with E-state index >= 15 is 0 Å². The van der Waals surface area contributed by atoms with Crippen molar-refractivity contribution in [2.75, 3.05) is 7.11 Å². The molecule has 0 radical (unpaired) electrons. The maximum Gasteiger partial charge on any atom is 0.119 e. The van der Waals surface area contributed by atoms with Gasteiger partial charge in [-0.2, -0.15) is 5.48 Å². The number of benzene rings is 1. The van der Waals surface area contributed by atoms with Gasteiger partial charge in [0.2, 0.25) is 0 Å². The Labute approximate surface area is 77.3 Å². The fraction of sp³-hybridized carbons (Fsp3) is 0.200. The highest BCUT2D eigenvalue weighted by atomic mass is 16.5. The maximum absolute atomic E-state index is 8.71. The Morgan fingerprint density at radius 1 is 1.62 bits per heavy atom. The molecule has 0 aromatic heterocycles. The molecule has 2 N–H and O–H groups in total. The van der Waals surface area contributed by atoms with Gasteiger partial charge in [0.15, 0.2) is 0 Å². The van der Waals surface area contributed by atoms with E-state index in [1.165, 1.54) is 0 Å². The predicted molar refractivity (Wildman–Crippen MR) is 49.5 cm³/mol. The lowest BCUT2D eigenvalue weighted by atomic mass is 10.1. The van der Waals surface area contributed by atoms with E-state index in [4.69, 9.17) is 16.4 Å². The molecule has 3 heteroatoms. The number of hydrogen-bond acceptors (Lipinski definition) is 3. The maximum atomic E-state index is 8.71. The van der Waals surface area contributed by atoms with Crippen LogP contribution in [0.2, 0.25) is 0 Å². The minimum absolute atomic E-state index is 0.491. The van der Waals surface area contributed by atoms with Gasteiger partial charge in [0.1, 0.15) is 11.8 Å². The average molecular weight is 177 g/mol. The van der Waals surface area contributed by atoms with E-state index < -0.39 is 6.04 Å². The molecule has 0 amide bonds. The summed E-state index contributed by atoms with van der Waals surface area (Å²) >= 11 is 0. The molecule has 0 aliphatic heterocycles. The molecular weight excluding hydrogens is 166 g/mol. The molecule has 13 heavy (non-hydrogen) atoms. The molecule has 0 spiro atoms. The lowest BCUT2D eigenvalue weighted by molar-refractivity contribution is 0.147. The quantitative estimate of drug-likeness (QED) is 0.541. The second-order valence-electron chi connectivity index (χ2n) is 2.51. The Morgan fingerprint density at radius 2 is 2.38 bits per heavy atom. The first-order valence-electron chi connectivity index (χ1n) is 3.81. The number of rotatable bonds is 3. The van der Waals surface area contributed by atoms with Gasteiger partial charge in [-0.1, -0.05) is 18.1 Å². The van der Waals surface area contributed by atoms with Gasteiger partial charge in [-0.3, -0.25) is 0 Å². The number of methoxy groups -OCH3 is 1. The van der Waals surface area contributed by atoms with Crippen LogP contribution in [0.25, 0.3) is 0 Å². The van der Waals surface area contributed by atoms with Crippen molar-refractivity contribution in [3.05, 3.63) is 29.8 Å². The molecule has 1 atom stereocenters. The Kier molecular flexibility index (Phi) is 3.32. The second kappa shape index (κ2) is 4.51. The summed E-state index contributed by atoms with van der Waals surface area (Å²) in [7, 11) is 1.58. The molecule has 1 aromatic rings. The smallest absolute Gasteiger partial charge is 0.119 e. The summed E-state index contributed by atoms with van der Waals surface area (Å²) in [6.45, 7) is 0. The molecule has 0 aliphatic carbocycles. The molecule has 68 valence electrons. The number of nitrogens with one attached hydrogen (secondary N) is 1. The van der Waals surface area contributed by atoms with Gasteiger partial charge in [-0.25, -0.2) is 0 Å². The molecule has 0 saturated heterocycles. The monoisotopic (exact) mass is 177 g/mol. The molecule has 1 rings (SSSR count). The lowest BCUT2D eigenvalue weighted by Crippen LogP contribution is -2.14. The number of terminal acetylenes is 1. The summed E-state index contributed by atoms with van der Waals surface area (Å²) in [4.78, 5) is 0. The minimum atomic E-state index is -0.491. The zero-order valence-corrected chi connectivity index (χ0v) is 7.32. The zero-order chi connectivity index (χ0) is 9.68. The van der Waals surface area contributed by atoms with Crippen molar-refractivity contribution in [2.24, 2.45) is 0 Å². The molecule has 0 saturated carbocycles. The van der Waals surface area contributed by atoms with Gasteiger partial charge >= 0.3 is 0 Å². The summed E-state index contributed by atoms with van der Waals surface area (Å²) in [5.74, 6) is 3.12. The Hall–Kier alpha value is -1.50. The Bertz CT molecular complexity index is 317. The van der Waals surface area contributed by atoms with Gasteiger partial charge in [-0.15, -0.1) is 6.42 Å². The van der Waals surface area contributed by atoms with Crippen LogP contribution < -0.4 is 10.2 Å². The summed E-state index contributed by atoms with van der Waals surface area (Å²) in [6.07, 6.45) is 5.19. The lowest BCUT2D eigenvalue weighted by Gasteiger charge is -2.09. The van der Waals surface area contributed by atoms with Crippen molar-refractivity contribution in [3.8, 4) is 18.1 Å². The van der Waals surface area contributed by atoms with E-state index in [0.717, 1.165) is 5.56 Å². The van der Waals surface area contributed by atoms with E-state index in [9.17, 15) is 0 Å². The zero-order valence-electron chi connectivity index (χ0n) is 7.32.